The van der Waals surface area contributed by atoms with E-state index in [1.165, 1.54) is 17.0 Å². The maximum absolute atomic E-state index is 4.42. The lowest BCUT2D eigenvalue weighted by Gasteiger charge is -2.09. The maximum atomic E-state index is 4.42. The standard InChI is InChI=1S/C10H14N2S/c1-2-8-6-9-10(13-12-7-8)4-3-5-11-9/h3-5,8,12H,2,6-7H2,1H3/t8-/m1/s1. The van der Waals surface area contributed by atoms with Gasteiger partial charge >= 0.3 is 0 Å². The Morgan fingerprint density at radius 2 is 2.62 bits per heavy atom. The van der Waals surface area contributed by atoms with Crippen LogP contribution in [0, 0.1) is 5.92 Å². The van der Waals surface area contributed by atoms with Gasteiger partial charge < -0.3 is 0 Å². The van der Waals surface area contributed by atoms with Crippen LogP contribution in [-0.4, -0.2) is 11.5 Å². The van der Waals surface area contributed by atoms with Crippen LogP contribution in [0.1, 0.15) is 19.0 Å². The van der Waals surface area contributed by atoms with Crippen LogP contribution >= 0.6 is 11.9 Å². The molecule has 1 aliphatic heterocycles. The molecule has 0 fully saturated rings. The van der Waals surface area contributed by atoms with Gasteiger partial charge in [-0.15, -0.1) is 0 Å². The molecule has 1 aliphatic rings. The van der Waals surface area contributed by atoms with Crippen LogP contribution in [0.2, 0.25) is 0 Å². The van der Waals surface area contributed by atoms with Crippen molar-refractivity contribution >= 4 is 11.9 Å². The molecule has 0 aromatic carbocycles. The molecule has 0 unspecified atom stereocenters. The minimum atomic E-state index is 0.739. The molecule has 2 heterocycles. The number of hydrogen-bond acceptors (Lipinski definition) is 3. The van der Waals surface area contributed by atoms with Crippen molar-refractivity contribution in [3.8, 4) is 0 Å². The first-order chi connectivity index (χ1) is 6.40. The lowest BCUT2D eigenvalue weighted by Crippen LogP contribution is -2.15. The van der Waals surface area contributed by atoms with E-state index in [0.29, 0.717) is 0 Å². The molecule has 70 valence electrons. The van der Waals surface area contributed by atoms with Crippen LogP contribution in [0.4, 0.5) is 0 Å². The van der Waals surface area contributed by atoms with Crippen LogP contribution in [0.5, 0.6) is 0 Å². The Balaban J connectivity index is 2.23. The van der Waals surface area contributed by atoms with E-state index in [2.05, 4.69) is 22.7 Å². The Kier molecular flexibility index (Phi) is 2.86. The van der Waals surface area contributed by atoms with Crippen molar-refractivity contribution in [1.82, 2.24) is 9.71 Å². The van der Waals surface area contributed by atoms with Crippen molar-refractivity contribution in [3.05, 3.63) is 24.0 Å². The fourth-order valence-electron chi connectivity index (χ4n) is 1.54. The summed E-state index contributed by atoms with van der Waals surface area (Å²) in [6.07, 6.45) is 4.23. The Hall–Kier alpha value is -0.540. The van der Waals surface area contributed by atoms with Crippen LogP contribution < -0.4 is 4.72 Å². The Labute approximate surface area is 83.3 Å². The van der Waals surface area contributed by atoms with Gasteiger partial charge in [0.25, 0.3) is 0 Å². The van der Waals surface area contributed by atoms with E-state index < -0.39 is 0 Å². The van der Waals surface area contributed by atoms with Crippen molar-refractivity contribution in [2.24, 2.45) is 5.92 Å². The molecule has 1 atom stereocenters. The molecule has 0 bridgehead atoms. The smallest absolute Gasteiger partial charge is 0.0555 e. The van der Waals surface area contributed by atoms with E-state index in [9.17, 15) is 0 Å². The molecule has 3 heteroatoms. The number of pyridine rings is 1. The zero-order valence-corrected chi connectivity index (χ0v) is 8.60. The molecule has 2 rings (SSSR count). The van der Waals surface area contributed by atoms with Crippen LogP contribution in [-0.2, 0) is 6.42 Å². The zero-order chi connectivity index (χ0) is 9.10. The summed E-state index contributed by atoms with van der Waals surface area (Å²) in [4.78, 5) is 5.71. The van der Waals surface area contributed by atoms with Crippen molar-refractivity contribution in [2.75, 3.05) is 6.54 Å². The van der Waals surface area contributed by atoms with E-state index in [-0.39, 0.29) is 0 Å². The summed E-state index contributed by atoms with van der Waals surface area (Å²) in [7, 11) is 0. The van der Waals surface area contributed by atoms with Crippen molar-refractivity contribution < 1.29 is 0 Å². The fourth-order valence-corrected chi connectivity index (χ4v) is 2.42. The molecular formula is C10H14N2S. The number of nitrogens with zero attached hydrogens (tertiary/aromatic N) is 1. The first-order valence-corrected chi connectivity index (χ1v) is 5.55. The van der Waals surface area contributed by atoms with Crippen molar-refractivity contribution in [3.63, 3.8) is 0 Å². The largest absolute Gasteiger partial charge is 0.260 e. The van der Waals surface area contributed by atoms with Gasteiger partial charge in [0.05, 0.1) is 5.69 Å². The molecule has 2 nitrogen and oxygen atoms in total. The van der Waals surface area contributed by atoms with Gasteiger partial charge in [0, 0.05) is 17.6 Å². The summed E-state index contributed by atoms with van der Waals surface area (Å²) in [5, 5.41) is 0. The van der Waals surface area contributed by atoms with Gasteiger partial charge in [-0.2, -0.15) is 0 Å². The summed E-state index contributed by atoms with van der Waals surface area (Å²) in [5.74, 6) is 0.739. The highest BCUT2D eigenvalue weighted by Crippen LogP contribution is 2.25. The van der Waals surface area contributed by atoms with Gasteiger partial charge in [0.1, 0.15) is 0 Å². The molecule has 0 radical (unpaired) electrons. The molecule has 0 saturated carbocycles. The van der Waals surface area contributed by atoms with E-state index in [0.717, 1.165) is 18.9 Å². The molecule has 0 amide bonds. The number of hydrogen-bond donors (Lipinski definition) is 1. The number of nitrogens with one attached hydrogen (secondary N) is 1. The van der Waals surface area contributed by atoms with Gasteiger partial charge in [0.15, 0.2) is 0 Å². The van der Waals surface area contributed by atoms with E-state index in [1.807, 2.05) is 12.3 Å². The van der Waals surface area contributed by atoms with Crippen molar-refractivity contribution in [1.29, 1.82) is 0 Å². The first kappa shape index (κ1) is 9.03. The normalized spacial score (nSPS) is 22.1. The van der Waals surface area contributed by atoms with Crippen LogP contribution in [0.3, 0.4) is 0 Å². The highest BCUT2D eigenvalue weighted by molar-refractivity contribution is 7.97. The lowest BCUT2D eigenvalue weighted by atomic mass is 10.0. The van der Waals surface area contributed by atoms with E-state index >= 15 is 0 Å². The third-order valence-electron chi connectivity index (χ3n) is 2.46. The second-order valence-corrected chi connectivity index (χ2v) is 4.31. The van der Waals surface area contributed by atoms with Gasteiger partial charge in [-0.05, 0) is 36.4 Å². The topological polar surface area (TPSA) is 24.9 Å². The van der Waals surface area contributed by atoms with E-state index in [4.69, 9.17) is 0 Å². The van der Waals surface area contributed by atoms with Gasteiger partial charge in [0.2, 0.25) is 0 Å². The molecule has 1 aromatic heterocycles. The fraction of sp³-hybridized carbons (Fsp3) is 0.500. The second-order valence-electron chi connectivity index (χ2n) is 3.38. The van der Waals surface area contributed by atoms with Crippen LogP contribution in [0.25, 0.3) is 0 Å². The van der Waals surface area contributed by atoms with E-state index in [1.54, 1.807) is 11.9 Å². The molecule has 13 heavy (non-hydrogen) atoms. The third-order valence-corrected chi connectivity index (χ3v) is 3.36. The number of rotatable bonds is 1. The maximum Gasteiger partial charge on any atom is 0.0555 e. The van der Waals surface area contributed by atoms with Crippen LogP contribution in [0.15, 0.2) is 23.2 Å². The van der Waals surface area contributed by atoms with Crippen molar-refractivity contribution in [2.45, 2.75) is 24.7 Å². The Bertz CT molecular complexity index is 288. The predicted octanol–water partition coefficient (Wildman–Crippen LogP) is 2.26. The van der Waals surface area contributed by atoms with Gasteiger partial charge in [-0.3, -0.25) is 9.71 Å². The highest BCUT2D eigenvalue weighted by atomic mass is 32.2. The quantitative estimate of drug-likeness (QED) is 0.694. The predicted molar refractivity (Wildman–Crippen MR) is 55.6 cm³/mol. The summed E-state index contributed by atoms with van der Waals surface area (Å²) in [6, 6.07) is 4.14. The zero-order valence-electron chi connectivity index (χ0n) is 7.79. The summed E-state index contributed by atoms with van der Waals surface area (Å²) in [6.45, 7) is 3.34. The minimum Gasteiger partial charge on any atom is -0.260 e. The highest BCUT2D eigenvalue weighted by Gasteiger charge is 2.15. The molecular weight excluding hydrogens is 180 g/mol. The molecule has 0 spiro atoms. The minimum absolute atomic E-state index is 0.739. The molecule has 0 saturated heterocycles. The second kappa shape index (κ2) is 4.11. The Morgan fingerprint density at radius 1 is 1.69 bits per heavy atom. The molecule has 1 aromatic rings. The summed E-state index contributed by atoms with van der Waals surface area (Å²) in [5.41, 5.74) is 1.25. The summed E-state index contributed by atoms with van der Waals surface area (Å²) >= 11 is 1.72. The SMILES string of the molecule is CC[C@H]1CNSc2cccnc2C1. The first-order valence-electron chi connectivity index (χ1n) is 4.73. The monoisotopic (exact) mass is 194 g/mol. The van der Waals surface area contributed by atoms with Gasteiger partial charge in [-0.1, -0.05) is 13.3 Å². The average molecular weight is 194 g/mol. The number of aromatic nitrogens is 1. The molecule has 0 aliphatic carbocycles. The number of fused-ring (bicyclic) bond motifs is 1. The Morgan fingerprint density at radius 3 is 3.46 bits per heavy atom. The summed E-state index contributed by atoms with van der Waals surface area (Å²) < 4.78 is 3.38. The third kappa shape index (κ3) is 2.03. The van der Waals surface area contributed by atoms with Gasteiger partial charge in [-0.25, -0.2) is 0 Å². The average Bonchev–Trinajstić information content (AvgIpc) is 2.38. The lowest BCUT2D eigenvalue weighted by molar-refractivity contribution is 0.502. The molecule has 1 N–H and O–H groups in total.